The molecule has 0 aromatic heterocycles. The summed E-state index contributed by atoms with van der Waals surface area (Å²) in [7, 11) is 1.91. The summed E-state index contributed by atoms with van der Waals surface area (Å²) in [5.74, 6) is -1.06. The number of hydrogen-bond acceptors (Lipinski definition) is 2. The van der Waals surface area contributed by atoms with Crippen molar-refractivity contribution in [2.24, 2.45) is 5.73 Å². The van der Waals surface area contributed by atoms with Gasteiger partial charge in [0.25, 0.3) is 0 Å². The molecule has 4 heteroatoms. The largest absolute Gasteiger partial charge is 0.328 e. The van der Waals surface area contributed by atoms with Crippen LogP contribution in [0.3, 0.4) is 0 Å². The van der Waals surface area contributed by atoms with Gasteiger partial charge in [0.05, 0.1) is 0 Å². The van der Waals surface area contributed by atoms with Gasteiger partial charge in [0.15, 0.2) is 0 Å². The highest BCUT2D eigenvalue weighted by Gasteiger charge is 2.05. The first-order valence-corrected chi connectivity index (χ1v) is 5.36. The molecule has 1 unspecified atom stereocenters. The Morgan fingerprint density at radius 3 is 2.31 bits per heavy atom. The van der Waals surface area contributed by atoms with Gasteiger partial charge in [-0.05, 0) is 44.6 Å². The fraction of sp³-hybridized carbons (Fsp3) is 0.500. The maximum atomic E-state index is 12.9. The molecule has 0 fully saturated rings. The number of nitrogens with zero attached hydrogens (tertiary/aromatic N) is 1. The molecule has 2 nitrogen and oxygen atoms in total. The van der Waals surface area contributed by atoms with E-state index in [1.54, 1.807) is 0 Å². The zero-order valence-corrected chi connectivity index (χ0v) is 9.71. The van der Waals surface area contributed by atoms with Gasteiger partial charge < -0.3 is 10.6 Å². The highest BCUT2D eigenvalue weighted by Crippen LogP contribution is 2.10. The molecule has 0 bridgehead atoms. The van der Waals surface area contributed by atoms with Gasteiger partial charge in [0.1, 0.15) is 11.6 Å². The molecular formula is C12H18F2N2. The molecule has 1 aromatic carbocycles. The van der Waals surface area contributed by atoms with Crippen LogP contribution < -0.4 is 5.73 Å². The van der Waals surface area contributed by atoms with Crippen molar-refractivity contribution in [1.82, 2.24) is 4.90 Å². The summed E-state index contributed by atoms with van der Waals surface area (Å²) in [4.78, 5) is 2.00. The molecule has 1 atom stereocenters. The number of rotatable bonds is 5. The van der Waals surface area contributed by atoms with Crippen molar-refractivity contribution >= 4 is 0 Å². The topological polar surface area (TPSA) is 29.3 Å². The van der Waals surface area contributed by atoms with Gasteiger partial charge in [-0.2, -0.15) is 0 Å². The maximum absolute atomic E-state index is 12.9. The molecule has 90 valence electrons. The molecule has 0 aliphatic carbocycles. The van der Waals surface area contributed by atoms with E-state index in [9.17, 15) is 8.78 Å². The van der Waals surface area contributed by atoms with Crippen LogP contribution in [0.1, 0.15) is 18.9 Å². The van der Waals surface area contributed by atoms with E-state index in [1.165, 1.54) is 12.1 Å². The summed E-state index contributed by atoms with van der Waals surface area (Å²) in [6.07, 6.45) is 0.869. The second kappa shape index (κ2) is 5.92. The minimum Gasteiger partial charge on any atom is -0.328 e. The lowest BCUT2D eigenvalue weighted by molar-refractivity contribution is 0.312. The second-order valence-corrected chi connectivity index (χ2v) is 4.28. The van der Waals surface area contributed by atoms with Gasteiger partial charge in [0.2, 0.25) is 0 Å². The van der Waals surface area contributed by atoms with Crippen LogP contribution in [0.4, 0.5) is 8.78 Å². The Balaban J connectivity index is 2.52. The molecule has 0 aliphatic rings. The highest BCUT2D eigenvalue weighted by molar-refractivity contribution is 5.17. The van der Waals surface area contributed by atoms with Gasteiger partial charge in [-0.1, -0.05) is 0 Å². The highest BCUT2D eigenvalue weighted by atomic mass is 19.1. The van der Waals surface area contributed by atoms with E-state index < -0.39 is 11.6 Å². The van der Waals surface area contributed by atoms with Crippen molar-refractivity contribution < 1.29 is 8.78 Å². The van der Waals surface area contributed by atoms with Crippen LogP contribution >= 0.6 is 0 Å². The van der Waals surface area contributed by atoms with Crippen LogP contribution in [0, 0.1) is 11.6 Å². The predicted molar refractivity (Wildman–Crippen MR) is 61.0 cm³/mol. The minimum absolute atomic E-state index is 0.145. The molecule has 0 saturated carbocycles. The van der Waals surface area contributed by atoms with Crippen LogP contribution in [0.25, 0.3) is 0 Å². The van der Waals surface area contributed by atoms with E-state index in [0.29, 0.717) is 12.1 Å². The van der Waals surface area contributed by atoms with Gasteiger partial charge in [-0.25, -0.2) is 8.78 Å². The summed E-state index contributed by atoms with van der Waals surface area (Å²) in [6.45, 7) is 3.28. The molecule has 1 rings (SSSR count). The fourth-order valence-electron chi connectivity index (χ4n) is 1.52. The van der Waals surface area contributed by atoms with E-state index in [4.69, 9.17) is 5.73 Å². The molecular weight excluding hydrogens is 210 g/mol. The van der Waals surface area contributed by atoms with Crippen molar-refractivity contribution in [1.29, 1.82) is 0 Å². The Kier molecular flexibility index (Phi) is 4.83. The number of halogens is 2. The van der Waals surface area contributed by atoms with Crippen molar-refractivity contribution in [2.45, 2.75) is 25.9 Å². The molecule has 16 heavy (non-hydrogen) atoms. The zero-order chi connectivity index (χ0) is 12.1. The lowest BCUT2D eigenvalue weighted by Gasteiger charge is -2.17. The summed E-state index contributed by atoms with van der Waals surface area (Å²) >= 11 is 0. The van der Waals surface area contributed by atoms with Gasteiger partial charge in [-0.3, -0.25) is 0 Å². The Bertz CT molecular complexity index is 320. The number of nitrogens with two attached hydrogens (primary N) is 1. The van der Waals surface area contributed by atoms with Crippen molar-refractivity contribution in [3.8, 4) is 0 Å². The van der Waals surface area contributed by atoms with Gasteiger partial charge in [-0.15, -0.1) is 0 Å². The number of hydrogen-bond donors (Lipinski definition) is 1. The standard InChI is InChI=1S/C12H18F2N2/c1-9(15)3-4-16(2)8-10-5-11(13)7-12(14)6-10/h5-7,9H,3-4,8,15H2,1-2H3. The Labute approximate surface area is 95.1 Å². The molecule has 0 spiro atoms. The first kappa shape index (κ1) is 13.1. The minimum atomic E-state index is -0.532. The van der Waals surface area contributed by atoms with Crippen LogP contribution in [0.15, 0.2) is 18.2 Å². The Hall–Kier alpha value is -1.00. The smallest absolute Gasteiger partial charge is 0.126 e. The number of benzene rings is 1. The van der Waals surface area contributed by atoms with Crippen LogP contribution in [-0.2, 0) is 6.54 Å². The monoisotopic (exact) mass is 228 g/mol. The summed E-state index contributed by atoms with van der Waals surface area (Å²) < 4.78 is 25.8. The molecule has 2 N–H and O–H groups in total. The third kappa shape index (κ3) is 4.68. The second-order valence-electron chi connectivity index (χ2n) is 4.28. The third-order valence-corrected chi connectivity index (χ3v) is 2.34. The lowest BCUT2D eigenvalue weighted by atomic mass is 10.2. The molecule has 0 amide bonds. The van der Waals surface area contributed by atoms with Gasteiger partial charge in [0, 0.05) is 18.7 Å². The average Bonchev–Trinajstić information content (AvgIpc) is 2.12. The molecule has 0 heterocycles. The first-order valence-electron chi connectivity index (χ1n) is 5.36. The molecule has 0 aliphatic heterocycles. The van der Waals surface area contributed by atoms with E-state index in [1.807, 2.05) is 18.9 Å². The first-order chi connectivity index (χ1) is 7.47. The van der Waals surface area contributed by atoms with E-state index in [2.05, 4.69) is 0 Å². The van der Waals surface area contributed by atoms with E-state index in [0.717, 1.165) is 19.0 Å². The van der Waals surface area contributed by atoms with E-state index in [-0.39, 0.29) is 6.04 Å². The predicted octanol–water partition coefficient (Wildman–Crippen LogP) is 2.13. The van der Waals surface area contributed by atoms with E-state index >= 15 is 0 Å². The summed E-state index contributed by atoms with van der Waals surface area (Å²) in [5.41, 5.74) is 6.28. The zero-order valence-electron chi connectivity index (χ0n) is 9.71. The SMILES string of the molecule is CC(N)CCN(C)Cc1cc(F)cc(F)c1. The fourth-order valence-corrected chi connectivity index (χ4v) is 1.52. The van der Waals surface area contributed by atoms with Crippen molar-refractivity contribution in [3.05, 3.63) is 35.4 Å². The van der Waals surface area contributed by atoms with Gasteiger partial charge >= 0.3 is 0 Å². The van der Waals surface area contributed by atoms with Crippen molar-refractivity contribution in [2.75, 3.05) is 13.6 Å². The summed E-state index contributed by atoms with van der Waals surface area (Å²) in [5, 5.41) is 0. The quantitative estimate of drug-likeness (QED) is 0.836. The Morgan fingerprint density at radius 1 is 1.25 bits per heavy atom. The Morgan fingerprint density at radius 2 is 1.81 bits per heavy atom. The third-order valence-electron chi connectivity index (χ3n) is 2.34. The molecule has 0 radical (unpaired) electrons. The average molecular weight is 228 g/mol. The maximum Gasteiger partial charge on any atom is 0.126 e. The lowest BCUT2D eigenvalue weighted by Crippen LogP contribution is -2.25. The van der Waals surface area contributed by atoms with Crippen LogP contribution in [-0.4, -0.2) is 24.5 Å². The van der Waals surface area contributed by atoms with Crippen molar-refractivity contribution in [3.63, 3.8) is 0 Å². The normalized spacial score (nSPS) is 13.1. The summed E-state index contributed by atoms with van der Waals surface area (Å²) in [6, 6.07) is 3.73. The molecule has 0 saturated heterocycles. The molecule has 1 aromatic rings. The van der Waals surface area contributed by atoms with Crippen LogP contribution in [0.5, 0.6) is 0 Å². The van der Waals surface area contributed by atoms with Crippen LogP contribution in [0.2, 0.25) is 0 Å².